The summed E-state index contributed by atoms with van der Waals surface area (Å²) in [5.74, 6) is 0.308. The number of halogens is 2. The molecule has 0 unspecified atom stereocenters. The van der Waals surface area contributed by atoms with Crippen molar-refractivity contribution in [1.29, 1.82) is 0 Å². The largest absolute Gasteiger partial charge is 0.485 e. The van der Waals surface area contributed by atoms with Crippen LogP contribution in [-0.4, -0.2) is 67.0 Å². The molecule has 30 heavy (non-hydrogen) atoms. The van der Waals surface area contributed by atoms with Crippen LogP contribution in [0.15, 0.2) is 30.5 Å². The SMILES string of the molecule is CN1CCN(CCCNC(=O)c2cnc(N)c(OCc3c(Cl)cccc3Cl)c2)CC1. The van der Waals surface area contributed by atoms with Crippen molar-refractivity contribution in [2.75, 3.05) is 52.0 Å². The number of pyridine rings is 1. The summed E-state index contributed by atoms with van der Waals surface area (Å²) in [5.41, 5.74) is 6.95. The van der Waals surface area contributed by atoms with Crippen LogP contribution in [0, 0.1) is 0 Å². The summed E-state index contributed by atoms with van der Waals surface area (Å²) in [7, 11) is 2.14. The molecule has 0 bridgehead atoms. The lowest BCUT2D eigenvalue weighted by Gasteiger charge is -2.32. The lowest BCUT2D eigenvalue weighted by molar-refractivity contribution is 0.0948. The van der Waals surface area contributed by atoms with E-state index in [2.05, 4.69) is 27.1 Å². The third-order valence-electron chi connectivity index (χ3n) is 5.11. The van der Waals surface area contributed by atoms with Crippen LogP contribution in [0.1, 0.15) is 22.3 Å². The number of rotatable bonds is 8. The third kappa shape index (κ3) is 6.22. The summed E-state index contributed by atoms with van der Waals surface area (Å²) in [6, 6.07) is 6.82. The van der Waals surface area contributed by atoms with Crippen LogP contribution in [0.5, 0.6) is 5.75 Å². The van der Waals surface area contributed by atoms with Crippen LogP contribution in [0.25, 0.3) is 0 Å². The molecule has 1 saturated heterocycles. The average molecular weight is 452 g/mol. The zero-order valence-electron chi connectivity index (χ0n) is 17.0. The van der Waals surface area contributed by atoms with Crippen molar-refractivity contribution >= 4 is 34.9 Å². The molecular weight excluding hydrogens is 425 g/mol. The zero-order chi connectivity index (χ0) is 21.5. The van der Waals surface area contributed by atoms with Gasteiger partial charge < -0.3 is 25.6 Å². The van der Waals surface area contributed by atoms with Crippen molar-refractivity contribution in [3.63, 3.8) is 0 Å². The second-order valence-corrected chi connectivity index (χ2v) is 8.17. The van der Waals surface area contributed by atoms with Gasteiger partial charge in [0.15, 0.2) is 11.6 Å². The first kappa shape index (κ1) is 22.6. The Balaban J connectivity index is 1.50. The zero-order valence-corrected chi connectivity index (χ0v) is 18.5. The maximum absolute atomic E-state index is 12.5. The van der Waals surface area contributed by atoms with Crippen LogP contribution < -0.4 is 15.8 Å². The number of anilines is 1. The number of carbonyl (C=O) groups is 1. The van der Waals surface area contributed by atoms with Gasteiger partial charge in [-0.25, -0.2) is 4.98 Å². The van der Waals surface area contributed by atoms with Crippen molar-refractivity contribution in [3.05, 3.63) is 51.6 Å². The predicted molar refractivity (Wildman–Crippen MR) is 120 cm³/mol. The average Bonchev–Trinajstić information content (AvgIpc) is 2.73. The number of piperazine rings is 1. The molecule has 0 aliphatic carbocycles. The first-order valence-corrected chi connectivity index (χ1v) is 10.7. The Morgan fingerprint density at radius 3 is 2.63 bits per heavy atom. The molecular formula is C21H27Cl2N5O2. The van der Waals surface area contributed by atoms with Crippen LogP contribution in [0.2, 0.25) is 10.0 Å². The summed E-state index contributed by atoms with van der Waals surface area (Å²) in [5, 5.41) is 3.94. The number of aromatic nitrogens is 1. The standard InChI is InChI=1S/C21H27Cl2N5O2/c1-27-8-10-28(11-9-27)7-3-6-25-21(29)15-12-19(20(24)26-13-15)30-14-16-17(22)4-2-5-18(16)23/h2,4-5,12-13H,3,6-11,14H2,1H3,(H2,24,26)(H,25,29). The second-order valence-electron chi connectivity index (χ2n) is 7.35. The van der Waals surface area contributed by atoms with Gasteiger partial charge in [-0.1, -0.05) is 29.3 Å². The summed E-state index contributed by atoms with van der Waals surface area (Å²) < 4.78 is 5.74. The van der Waals surface area contributed by atoms with Gasteiger partial charge in [0.1, 0.15) is 6.61 Å². The highest BCUT2D eigenvalue weighted by Crippen LogP contribution is 2.27. The maximum atomic E-state index is 12.5. The molecule has 2 heterocycles. The molecule has 3 rings (SSSR count). The lowest BCUT2D eigenvalue weighted by atomic mass is 10.2. The van der Waals surface area contributed by atoms with E-state index in [0.717, 1.165) is 39.1 Å². The van der Waals surface area contributed by atoms with Gasteiger partial charge in [0.25, 0.3) is 5.91 Å². The highest BCUT2D eigenvalue weighted by Gasteiger charge is 2.14. The molecule has 0 spiro atoms. The van der Waals surface area contributed by atoms with E-state index >= 15 is 0 Å². The number of nitrogens with one attached hydrogen (secondary N) is 1. The fourth-order valence-electron chi connectivity index (χ4n) is 3.19. The van der Waals surface area contributed by atoms with E-state index in [0.29, 0.717) is 33.5 Å². The molecule has 0 radical (unpaired) electrons. The number of hydrogen-bond acceptors (Lipinski definition) is 6. The van der Waals surface area contributed by atoms with E-state index in [1.807, 2.05) is 0 Å². The van der Waals surface area contributed by atoms with Gasteiger partial charge in [0.2, 0.25) is 0 Å². The summed E-state index contributed by atoms with van der Waals surface area (Å²) >= 11 is 12.3. The van der Waals surface area contributed by atoms with Crippen LogP contribution >= 0.6 is 23.2 Å². The number of nitrogens with zero attached hydrogens (tertiary/aromatic N) is 3. The quantitative estimate of drug-likeness (QED) is 0.600. The number of hydrogen-bond donors (Lipinski definition) is 2. The third-order valence-corrected chi connectivity index (χ3v) is 5.82. The molecule has 162 valence electrons. The van der Waals surface area contributed by atoms with Gasteiger partial charge in [-0.2, -0.15) is 0 Å². The summed E-state index contributed by atoms with van der Waals surface area (Å²) in [6.45, 7) is 6.02. The van der Waals surface area contributed by atoms with Gasteiger partial charge in [-0.05, 0) is 38.2 Å². The molecule has 7 nitrogen and oxygen atoms in total. The van der Waals surface area contributed by atoms with Crippen molar-refractivity contribution in [3.8, 4) is 5.75 Å². The smallest absolute Gasteiger partial charge is 0.252 e. The Bertz CT molecular complexity index is 852. The summed E-state index contributed by atoms with van der Waals surface area (Å²) in [4.78, 5) is 21.3. The van der Waals surface area contributed by atoms with E-state index in [1.54, 1.807) is 24.3 Å². The monoisotopic (exact) mass is 451 g/mol. The minimum absolute atomic E-state index is 0.125. The molecule has 1 aromatic heterocycles. The summed E-state index contributed by atoms with van der Waals surface area (Å²) in [6.07, 6.45) is 2.34. The van der Waals surface area contributed by atoms with E-state index < -0.39 is 0 Å². The topological polar surface area (TPSA) is 83.7 Å². The lowest BCUT2D eigenvalue weighted by Crippen LogP contribution is -2.45. The minimum Gasteiger partial charge on any atom is -0.485 e. The van der Waals surface area contributed by atoms with Gasteiger partial charge >= 0.3 is 0 Å². The highest BCUT2D eigenvalue weighted by atomic mass is 35.5. The van der Waals surface area contributed by atoms with E-state index in [9.17, 15) is 4.79 Å². The Morgan fingerprint density at radius 1 is 1.23 bits per heavy atom. The number of ether oxygens (including phenoxy) is 1. The second kappa shape index (κ2) is 10.8. The molecule has 1 aliphatic rings. The number of carbonyl (C=O) groups excluding carboxylic acids is 1. The number of likely N-dealkylation sites (N-methyl/N-ethyl adjacent to an activating group) is 1. The fourth-order valence-corrected chi connectivity index (χ4v) is 3.70. The van der Waals surface area contributed by atoms with Gasteiger partial charge in [-0.3, -0.25) is 4.79 Å². The van der Waals surface area contributed by atoms with Crippen molar-refractivity contribution < 1.29 is 9.53 Å². The van der Waals surface area contributed by atoms with Crippen molar-refractivity contribution in [2.24, 2.45) is 0 Å². The van der Waals surface area contributed by atoms with Crippen LogP contribution in [0.3, 0.4) is 0 Å². The molecule has 1 amide bonds. The normalized spacial score (nSPS) is 15.2. The van der Waals surface area contributed by atoms with Crippen LogP contribution in [0.4, 0.5) is 5.82 Å². The van der Waals surface area contributed by atoms with Crippen molar-refractivity contribution in [1.82, 2.24) is 20.1 Å². The Labute approximate surface area is 187 Å². The number of benzene rings is 1. The first-order valence-electron chi connectivity index (χ1n) is 9.94. The molecule has 9 heteroatoms. The number of amides is 1. The van der Waals surface area contributed by atoms with E-state index in [1.165, 1.54) is 6.20 Å². The Morgan fingerprint density at radius 2 is 1.93 bits per heavy atom. The Hall–Kier alpha value is -2.06. The van der Waals surface area contributed by atoms with Gasteiger partial charge in [-0.15, -0.1) is 0 Å². The van der Waals surface area contributed by atoms with Crippen LogP contribution in [-0.2, 0) is 6.61 Å². The van der Waals surface area contributed by atoms with Gasteiger partial charge in [0.05, 0.1) is 5.56 Å². The van der Waals surface area contributed by atoms with Gasteiger partial charge in [0, 0.05) is 54.5 Å². The number of nitrogens with two attached hydrogens (primary N) is 1. The molecule has 0 saturated carbocycles. The molecule has 3 N–H and O–H groups in total. The molecule has 0 atom stereocenters. The van der Waals surface area contributed by atoms with E-state index in [4.69, 9.17) is 33.7 Å². The Kier molecular flexibility index (Phi) is 8.16. The first-order chi connectivity index (χ1) is 14.4. The number of nitrogen functional groups attached to an aromatic ring is 1. The molecule has 1 aliphatic heterocycles. The molecule has 2 aromatic rings. The van der Waals surface area contributed by atoms with Crippen molar-refractivity contribution in [2.45, 2.75) is 13.0 Å². The fraction of sp³-hybridized carbons (Fsp3) is 0.429. The predicted octanol–water partition coefficient (Wildman–Crippen LogP) is 2.92. The minimum atomic E-state index is -0.207. The maximum Gasteiger partial charge on any atom is 0.252 e. The van der Waals surface area contributed by atoms with E-state index in [-0.39, 0.29) is 18.3 Å². The highest BCUT2D eigenvalue weighted by molar-refractivity contribution is 6.35. The molecule has 1 aromatic carbocycles. The molecule has 1 fully saturated rings.